The first-order chi connectivity index (χ1) is 11.0. The molecule has 7 heteroatoms. The zero-order valence-electron chi connectivity index (χ0n) is 13.5. The number of methoxy groups -OCH3 is 1. The fourth-order valence-electron chi connectivity index (χ4n) is 2.51. The lowest BCUT2D eigenvalue weighted by Gasteiger charge is -2.22. The lowest BCUT2D eigenvalue weighted by molar-refractivity contribution is -0.890. The van der Waals surface area contributed by atoms with Crippen LogP contribution in [0.1, 0.15) is 11.6 Å². The van der Waals surface area contributed by atoms with Crippen molar-refractivity contribution >= 4 is 11.5 Å². The van der Waals surface area contributed by atoms with Gasteiger partial charge in [0.25, 0.3) is 0 Å². The SMILES string of the molecule is COc1ccccc1[C@H](CNc1[nH+]cccc1[N+](=O)[O-])[NH+](C)C. The molecule has 0 saturated carbocycles. The summed E-state index contributed by atoms with van der Waals surface area (Å²) in [5.74, 6) is 1.21. The van der Waals surface area contributed by atoms with Crippen molar-refractivity contribution in [3.63, 3.8) is 0 Å². The van der Waals surface area contributed by atoms with E-state index in [2.05, 4.69) is 10.3 Å². The van der Waals surface area contributed by atoms with Crippen LogP contribution < -0.4 is 19.9 Å². The lowest BCUT2D eigenvalue weighted by Crippen LogP contribution is -3.06. The van der Waals surface area contributed by atoms with Crippen molar-refractivity contribution in [1.29, 1.82) is 0 Å². The Kier molecular flexibility index (Phi) is 5.48. The van der Waals surface area contributed by atoms with Gasteiger partial charge in [-0.3, -0.25) is 15.4 Å². The predicted octanol–water partition coefficient (Wildman–Crippen LogP) is 0.715. The molecule has 0 unspecified atom stereocenters. The number of aromatic amines is 1. The van der Waals surface area contributed by atoms with Gasteiger partial charge in [0.1, 0.15) is 12.3 Å². The molecule has 122 valence electrons. The molecule has 1 atom stereocenters. The zero-order valence-corrected chi connectivity index (χ0v) is 13.5. The second-order valence-corrected chi connectivity index (χ2v) is 5.44. The minimum Gasteiger partial charge on any atom is -0.496 e. The molecule has 0 amide bonds. The third-order valence-corrected chi connectivity index (χ3v) is 3.73. The highest BCUT2D eigenvalue weighted by atomic mass is 16.6. The van der Waals surface area contributed by atoms with E-state index < -0.39 is 4.92 Å². The Labute approximate surface area is 135 Å². The van der Waals surface area contributed by atoms with Gasteiger partial charge in [0.05, 0.1) is 37.9 Å². The van der Waals surface area contributed by atoms with Crippen LogP contribution in [0.4, 0.5) is 11.5 Å². The first-order valence-corrected chi connectivity index (χ1v) is 7.36. The maximum absolute atomic E-state index is 11.1. The van der Waals surface area contributed by atoms with Crippen LogP contribution in [0, 0.1) is 10.1 Å². The number of ether oxygens (including phenoxy) is 1. The number of anilines is 1. The van der Waals surface area contributed by atoms with Gasteiger partial charge in [-0.15, -0.1) is 0 Å². The third-order valence-electron chi connectivity index (χ3n) is 3.73. The first kappa shape index (κ1) is 16.7. The highest BCUT2D eigenvalue weighted by Crippen LogP contribution is 2.24. The van der Waals surface area contributed by atoms with E-state index in [0.717, 1.165) is 11.3 Å². The zero-order chi connectivity index (χ0) is 16.8. The molecule has 7 nitrogen and oxygen atoms in total. The molecule has 0 radical (unpaired) electrons. The largest absolute Gasteiger partial charge is 0.496 e. The van der Waals surface area contributed by atoms with Gasteiger partial charge in [0.2, 0.25) is 0 Å². The van der Waals surface area contributed by atoms with Crippen LogP contribution in [-0.2, 0) is 0 Å². The summed E-state index contributed by atoms with van der Waals surface area (Å²) in [7, 11) is 5.73. The Morgan fingerprint density at radius 1 is 1.30 bits per heavy atom. The maximum Gasteiger partial charge on any atom is 0.357 e. The smallest absolute Gasteiger partial charge is 0.357 e. The Bertz CT molecular complexity index is 676. The highest BCUT2D eigenvalue weighted by Gasteiger charge is 2.26. The van der Waals surface area contributed by atoms with Crippen molar-refractivity contribution in [2.24, 2.45) is 0 Å². The number of nitro groups is 1. The minimum absolute atomic E-state index is 0.0278. The molecule has 0 fully saturated rings. The Balaban J connectivity index is 2.23. The van der Waals surface area contributed by atoms with Crippen molar-refractivity contribution in [1.82, 2.24) is 0 Å². The van der Waals surface area contributed by atoms with Gasteiger partial charge in [-0.1, -0.05) is 12.1 Å². The van der Waals surface area contributed by atoms with Crippen molar-refractivity contribution in [2.45, 2.75) is 6.04 Å². The van der Waals surface area contributed by atoms with E-state index in [4.69, 9.17) is 4.74 Å². The molecule has 0 saturated heterocycles. The summed E-state index contributed by atoms with van der Waals surface area (Å²) in [5, 5.41) is 14.2. The predicted molar refractivity (Wildman–Crippen MR) is 86.7 cm³/mol. The highest BCUT2D eigenvalue weighted by molar-refractivity contribution is 5.51. The Hall–Kier alpha value is -2.67. The number of para-hydroxylation sites is 1. The van der Waals surface area contributed by atoms with Crippen LogP contribution in [0.2, 0.25) is 0 Å². The molecule has 1 heterocycles. The van der Waals surface area contributed by atoms with Crippen molar-refractivity contribution in [2.75, 3.05) is 33.1 Å². The average Bonchev–Trinajstić information content (AvgIpc) is 2.55. The molecule has 0 aliphatic carbocycles. The summed E-state index contributed by atoms with van der Waals surface area (Å²) in [5.41, 5.74) is 1.08. The molecule has 0 aliphatic heterocycles. The molecule has 0 bridgehead atoms. The second kappa shape index (κ2) is 7.55. The fraction of sp³-hybridized carbons (Fsp3) is 0.312. The van der Waals surface area contributed by atoms with Crippen LogP contribution >= 0.6 is 0 Å². The third kappa shape index (κ3) is 3.95. The molecular weight excluding hydrogens is 296 g/mol. The Morgan fingerprint density at radius 2 is 2.04 bits per heavy atom. The van der Waals surface area contributed by atoms with Gasteiger partial charge in [0.15, 0.2) is 6.04 Å². The number of rotatable bonds is 7. The van der Waals surface area contributed by atoms with Crippen LogP contribution in [0.25, 0.3) is 0 Å². The van der Waals surface area contributed by atoms with Gasteiger partial charge in [0, 0.05) is 6.07 Å². The molecule has 23 heavy (non-hydrogen) atoms. The van der Waals surface area contributed by atoms with Gasteiger partial charge in [-0.25, -0.2) is 4.98 Å². The topological polar surface area (TPSA) is 83.0 Å². The van der Waals surface area contributed by atoms with Crippen molar-refractivity contribution < 1.29 is 19.5 Å². The summed E-state index contributed by atoms with van der Waals surface area (Å²) < 4.78 is 5.43. The van der Waals surface area contributed by atoms with Gasteiger partial charge in [-0.05, 0) is 18.2 Å². The van der Waals surface area contributed by atoms with E-state index in [9.17, 15) is 10.1 Å². The summed E-state index contributed by atoms with van der Waals surface area (Å²) in [6, 6.07) is 11.0. The van der Waals surface area contributed by atoms with E-state index in [0.29, 0.717) is 12.4 Å². The number of likely N-dealkylation sites (N-methyl/N-ethyl adjacent to an activating group) is 1. The number of nitrogens with one attached hydrogen (secondary N) is 3. The molecule has 2 rings (SSSR count). The quantitative estimate of drug-likeness (QED) is 0.582. The number of nitrogens with zero attached hydrogens (tertiary/aromatic N) is 1. The standard InChI is InChI=1S/C16H20N4O3/c1-19(2)14(12-7-4-5-9-15(12)23-3)11-18-16-13(20(21)22)8-6-10-17-16/h4-10,14H,11H2,1-3H3,(H,17,18)/p+2/t14-/m0/s1. The number of hydrogen-bond acceptors (Lipinski definition) is 4. The van der Waals surface area contributed by atoms with Gasteiger partial charge in [-0.2, -0.15) is 0 Å². The van der Waals surface area contributed by atoms with Crippen LogP contribution in [0.5, 0.6) is 5.75 Å². The number of H-pyrrole nitrogens is 1. The van der Waals surface area contributed by atoms with E-state index in [-0.39, 0.29) is 11.7 Å². The normalized spacial score (nSPS) is 12.0. The van der Waals surface area contributed by atoms with Crippen molar-refractivity contribution in [3.05, 3.63) is 58.3 Å². The van der Waals surface area contributed by atoms with Crippen LogP contribution in [-0.4, -0.2) is 32.7 Å². The molecule has 3 N–H and O–H groups in total. The lowest BCUT2D eigenvalue weighted by atomic mass is 10.0. The molecule has 0 aliphatic rings. The summed E-state index contributed by atoms with van der Waals surface area (Å²) in [6.07, 6.45) is 1.66. The molecule has 2 aromatic rings. The van der Waals surface area contributed by atoms with Crippen molar-refractivity contribution in [3.8, 4) is 5.75 Å². The number of pyridine rings is 1. The van der Waals surface area contributed by atoms with E-state index in [1.807, 2.05) is 38.4 Å². The first-order valence-electron chi connectivity index (χ1n) is 7.36. The van der Waals surface area contributed by atoms with E-state index in [1.165, 1.54) is 11.0 Å². The van der Waals surface area contributed by atoms with E-state index >= 15 is 0 Å². The summed E-state index contributed by atoms with van der Waals surface area (Å²) in [4.78, 5) is 14.8. The van der Waals surface area contributed by atoms with Gasteiger partial charge >= 0.3 is 11.5 Å². The fourth-order valence-corrected chi connectivity index (χ4v) is 2.51. The van der Waals surface area contributed by atoms with Crippen LogP contribution in [0.15, 0.2) is 42.6 Å². The van der Waals surface area contributed by atoms with Gasteiger partial charge < -0.3 is 9.64 Å². The van der Waals surface area contributed by atoms with E-state index in [1.54, 1.807) is 19.4 Å². The average molecular weight is 318 g/mol. The summed E-state index contributed by atoms with van der Waals surface area (Å²) in [6.45, 7) is 0.532. The second-order valence-electron chi connectivity index (χ2n) is 5.44. The summed E-state index contributed by atoms with van der Waals surface area (Å²) >= 11 is 0. The molecule has 1 aromatic carbocycles. The number of hydrogen-bond donors (Lipinski definition) is 2. The number of quaternary nitrogens is 1. The minimum atomic E-state index is -0.403. The number of benzene rings is 1. The van der Waals surface area contributed by atoms with Crippen LogP contribution in [0.3, 0.4) is 0 Å². The number of aromatic nitrogens is 1. The maximum atomic E-state index is 11.1. The monoisotopic (exact) mass is 318 g/mol. The molecular formula is C16H22N4O3+2. The molecule has 1 aromatic heterocycles. The Morgan fingerprint density at radius 3 is 2.70 bits per heavy atom. The molecule has 0 spiro atoms.